The summed E-state index contributed by atoms with van der Waals surface area (Å²) in [6.07, 6.45) is 3.06. The van der Waals surface area contributed by atoms with E-state index >= 15 is 0 Å². The van der Waals surface area contributed by atoms with Gasteiger partial charge in [-0.25, -0.2) is 4.98 Å². The highest BCUT2D eigenvalue weighted by atomic mass is 32.1. The molecule has 0 unspecified atom stereocenters. The molecule has 0 aliphatic rings. The number of anilines is 1. The summed E-state index contributed by atoms with van der Waals surface area (Å²) < 4.78 is 0. The van der Waals surface area contributed by atoms with Crippen LogP contribution in [-0.2, 0) is 9.59 Å². The predicted octanol–water partition coefficient (Wildman–Crippen LogP) is 3.45. The molecule has 6 heteroatoms. The highest BCUT2D eigenvalue weighted by Crippen LogP contribution is 2.19. The van der Waals surface area contributed by atoms with Gasteiger partial charge in [0.05, 0.1) is 12.2 Å². The van der Waals surface area contributed by atoms with Crippen LogP contribution in [-0.4, -0.2) is 34.8 Å². The summed E-state index contributed by atoms with van der Waals surface area (Å²) in [4.78, 5) is 30.5. The topological polar surface area (TPSA) is 62.3 Å². The molecule has 0 saturated carbocycles. The number of carbonyl (C=O) groups excluding carboxylic acids is 2. The van der Waals surface area contributed by atoms with E-state index in [1.807, 2.05) is 33.1 Å². The number of thiazole rings is 1. The van der Waals surface area contributed by atoms with Crippen LogP contribution >= 0.6 is 11.3 Å². The number of nitrogens with one attached hydrogen (secondary N) is 1. The van der Waals surface area contributed by atoms with E-state index in [9.17, 15) is 9.59 Å². The van der Waals surface area contributed by atoms with Gasteiger partial charge >= 0.3 is 0 Å². The second-order valence-corrected chi connectivity index (χ2v) is 7.38. The molecule has 22 heavy (non-hydrogen) atoms. The lowest BCUT2D eigenvalue weighted by molar-refractivity contribution is -0.141. The molecular weight excluding hydrogens is 298 g/mol. The van der Waals surface area contributed by atoms with E-state index in [0.29, 0.717) is 11.7 Å². The highest BCUT2D eigenvalue weighted by Gasteiger charge is 2.28. The number of hydrogen-bond acceptors (Lipinski definition) is 4. The van der Waals surface area contributed by atoms with Gasteiger partial charge in [0.2, 0.25) is 11.8 Å². The Labute approximate surface area is 137 Å². The maximum absolute atomic E-state index is 12.5. The molecule has 1 N–H and O–H groups in total. The molecule has 5 nitrogen and oxygen atoms in total. The molecule has 0 saturated heterocycles. The predicted molar refractivity (Wildman–Crippen MR) is 91.0 cm³/mol. The first-order chi connectivity index (χ1) is 10.2. The molecule has 2 amide bonds. The Bertz CT molecular complexity index is 506. The number of nitrogens with zero attached hydrogens (tertiary/aromatic N) is 2. The van der Waals surface area contributed by atoms with Gasteiger partial charge in [-0.15, -0.1) is 11.3 Å². The number of carbonyl (C=O) groups is 2. The van der Waals surface area contributed by atoms with Crippen molar-refractivity contribution in [3.63, 3.8) is 0 Å². The molecule has 1 rings (SSSR count). The first-order valence-corrected chi connectivity index (χ1v) is 8.63. The van der Waals surface area contributed by atoms with E-state index in [-0.39, 0.29) is 18.4 Å². The SMILES string of the molecule is CCCCCN(CC(=O)Nc1nc(C)cs1)C(=O)C(C)(C)C. The Balaban J connectivity index is 2.66. The zero-order valence-electron chi connectivity index (χ0n) is 14.2. The minimum atomic E-state index is -0.482. The molecule has 0 aromatic carbocycles. The first kappa shape index (κ1) is 18.6. The molecule has 1 aromatic heterocycles. The summed E-state index contributed by atoms with van der Waals surface area (Å²) >= 11 is 1.39. The van der Waals surface area contributed by atoms with Crippen LogP contribution in [0.5, 0.6) is 0 Å². The maximum atomic E-state index is 12.5. The van der Waals surface area contributed by atoms with Gasteiger partial charge < -0.3 is 10.2 Å². The van der Waals surface area contributed by atoms with Gasteiger partial charge in [0.25, 0.3) is 0 Å². The van der Waals surface area contributed by atoms with Crippen molar-refractivity contribution in [2.24, 2.45) is 5.41 Å². The molecule has 0 fully saturated rings. The van der Waals surface area contributed by atoms with Crippen LogP contribution in [0.25, 0.3) is 0 Å². The second kappa shape index (κ2) is 8.27. The van der Waals surface area contributed by atoms with Crippen LogP contribution in [0.15, 0.2) is 5.38 Å². The van der Waals surface area contributed by atoms with Crippen molar-refractivity contribution in [3.8, 4) is 0 Å². The van der Waals surface area contributed by atoms with Gasteiger partial charge in [-0.2, -0.15) is 0 Å². The Morgan fingerprint density at radius 1 is 1.32 bits per heavy atom. The molecule has 0 atom stereocenters. The monoisotopic (exact) mass is 325 g/mol. The van der Waals surface area contributed by atoms with Crippen molar-refractivity contribution in [1.82, 2.24) is 9.88 Å². The highest BCUT2D eigenvalue weighted by molar-refractivity contribution is 7.13. The van der Waals surface area contributed by atoms with Gasteiger partial charge in [0, 0.05) is 17.3 Å². The molecular formula is C16H27N3O2S. The van der Waals surface area contributed by atoms with Crippen molar-refractivity contribution in [3.05, 3.63) is 11.1 Å². The normalized spacial score (nSPS) is 11.3. The van der Waals surface area contributed by atoms with Crippen molar-refractivity contribution in [2.45, 2.75) is 53.9 Å². The Morgan fingerprint density at radius 2 is 2.00 bits per heavy atom. The smallest absolute Gasteiger partial charge is 0.245 e. The summed E-state index contributed by atoms with van der Waals surface area (Å²) in [5.74, 6) is -0.183. The summed E-state index contributed by atoms with van der Waals surface area (Å²) in [5.41, 5.74) is 0.399. The van der Waals surface area contributed by atoms with Gasteiger partial charge in [0.1, 0.15) is 0 Å². The van der Waals surface area contributed by atoms with E-state index in [2.05, 4.69) is 17.2 Å². The van der Waals surface area contributed by atoms with Crippen molar-refractivity contribution in [1.29, 1.82) is 0 Å². The zero-order chi connectivity index (χ0) is 16.8. The van der Waals surface area contributed by atoms with Gasteiger partial charge in [-0.3, -0.25) is 9.59 Å². The summed E-state index contributed by atoms with van der Waals surface area (Å²) in [7, 11) is 0. The van der Waals surface area contributed by atoms with E-state index < -0.39 is 5.41 Å². The second-order valence-electron chi connectivity index (χ2n) is 6.53. The third-order valence-corrected chi connectivity index (χ3v) is 4.04. The third kappa shape index (κ3) is 6.13. The average Bonchev–Trinajstić information content (AvgIpc) is 2.81. The fraction of sp³-hybridized carbons (Fsp3) is 0.688. The van der Waals surface area contributed by atoms with Gasteiger partial charge in [-0.05, 0) is 13.3 Å². The van der Waals surface area contributed by atoms with E-state index in [1.54, 1.807) is 4.90 Å². The molecule has 0 radical (unpaired) electrons. The lowest BCUT2D eigenvalue weighted by Crippen LogP contribution is -2.44. The third-order valence-electron chi connectivity index (χ3n) is 3.16. The summed E-state index contributed by atoms with van der Waals surface area (Å²) in [6, 6.07) is 0. The minimum Gasteiger partial charge on any atom is -0.333 e. The number of rotatable bonds is 7. The fourth-order valence-electron chi connectivity index (χ4n) is 2.02. The Kier molecular flexibility index (Phi) is 7.00. The van der Waals surface area contributed by atoms with Crippen molar-refractivity contribution < 1.29 is 9.59 Å². The standard InChI is InChI=1S/C16H27N3O2S/c1-6-7-8-9-19(14(21)16(3,4)5)10-13(20)18-15-17-12(2)11-22-15/h11H,6-10H2,1-5H3,(H,17,18,20). The van der Waals surface area contributed by atoms with Crippen LogP contribution in [0.2, 0.25) is 0 Å². The van der Waals surface area contributed by atoms with E-state index in [4.69, 9.17) is 0 Å². The fourth-order valence-corrected chi connectivity index (χ4v) is 2.73. The maximum Gasteiger partial charge on any atom is 0.245 e. The zero-order valence-corrected chi connectivity index (χ0v) is 15.0. The van der Waals surface area contributed by atoms with Crippen LogP contribution in [0.4, 0.5) is 5.13 Å². The molecule has 0 bridgehead atoms. The number of hydrogen-bond donors (Lipinski definition) is 1. The molecule has 124 valence electrons. The molecule has 1 aromatic rings. The molecule has 1 heterocycles. The lowest BCUT2D eigenvalue weighted by atomic mass is 9.94. The summed E-state index contributed by atoms with van der Waals surface area (Å²) in [5, 5.41) is 5.23. The minimum absolute atomic E-state index is 0.00840. The largest absolute Gasteiger partial charge is 0.333 e. The van der Waals surface area contributed by atoms with Gasteiger partial charge in [-0.1, -0.05) is 40.5 Å². The van der Waals surface area contributed by atoms with Crippen LogP contribution in [0, 0.1) is 12.3 Å². The average molecular weight is 325 g/mol. The van der Waals surface area contributed by atoms with Crippen molar-refractivity contribution >= 4 is 28.3 Å². The summed E-state index contributed by atoms with van der Waals surface area (Å²) in [6.45, 7) is 10.3. The molecule has 0 spiro atoms. The number of amides is 2. The van der Waals surface area contributed by atoms with E-state index in [1.165, 1.54) is 11.3 Å². The number of aryl methyl sites for hydroxylation is 1. The lowest BCUT2D eigenvalue weighted by Gasteiger charge is -2.29. The quantitative estimate of drug-likeness (QED) is 0.781. The van der Waals surface area contributed by atoms with Crippen LogP contribution in [0.1, 0.15) is 52.7 Å². The Morgan fingerprint density at radius 3 is 2.50 bits per heavy atom. The van der Waals surface area contributed by atoms with Crippen molar-refractivity contribution in [2.75, 3.05) is 18.4 Å². The van der Waals surface area contributed by atoms with E-state index in [0.717, 1.165) is 25.0 Å². The van der Waals surface area contributed by atoms with Crippen LogP contribution < -0.4 is 5.32 Å². The van der Waals surface area contributed by atoms with Crippen LogP contribution in [0.3, 0.4) is 0 Å². The number of aromatic nitrogens is 1. The first-order valence-electron chi connectivity index (χ1n) is 7.75. The Hall–Kier alpha value is -1.43. The van der Waals surface area contributed by atoms with Gasteiger partial charge in [0.15, 0.2) is 5.13 Å². The number of unbranched alkanes of at least 4 members (excludes halogenated alkanes) is 2. The molecule has 0 aliphatic carbocycles. The molecule has 0 aliphatic heterocycles.